The standard InChI is InChI=1S/C25H26F3N5O2/c1-16(31-24(34)23-30-9-8-22(32-23)33-10-12-35-13-11-33)17-2-4-18(5-3-17)21-14-20(25(26,27)28)7-6-19(21)15-29/h2-9,14,16H,10-13,15,29H2,1H3,(H,31,34)/t16-/m1/s1. The summed E-state index contributed by atoms with van der Waals surface area (Å²) in [7, 11) is 0. The number of nitrogens with one attached hydrogen (secondary N) is 1. The third-order valence-electron chi connectivity index (χ3n) is 5.91. The Bertz CT molecular complexity index is 1180. The molecule has 35 heavy (non-hydrogen) atoms. The smallest absolute Gasteiger partial charge is 0.378 e. The van der Waals surface area contributed by atoms with Crippen molar-refractivity contribution < 1.29 is 22.7 Å². The van der Waals surface area contributed by atoms with Crippen LogP contribution in [0.5, 0.6) is 0 Å². The molecule has 2 aromatic carbocycles. The third-order valence-corrected chi connectivity index (χ3v) is 5.91. The van der Waals surface area contributed by atoms with Crippen molar-refractivity contribution in [3.05, 3.63) is 77.2 Å². The zero-order valence-corrected chi connectivity index (χ0v) is 19.2. The van der Waals surface area contributed by atoms with Crippen molar-refractivity contribution in [2.24, 2.45) is 5.73 Å². The van der Waals surface area contributed by atoms with Crippen LogP contribution in [0.25, 0.3) is 11.1 Å². The molecule has 3 N–H and O–H groups in total. The van der Waals surface area contributed by atoms with Gasteiger partial charge in [-0.3, -0.25) is 4.79 Å². The van der Waals surface area contributed by atoms with E-state index in [1.165, 1.54) is 6.07 Å². The van der Waals surface area contributed by atoms with E-state index in [9.17, 15) is 18.0 Å². The van der Waals surface area contributed by atoms with Gasteiger partial charge >= 0.3 is 6.18 Å². The fourth-order valence-electron chi connectivity index (χ4n) is 3.92. The van der Waals surface area contributed by atoms with E-state index >= 15 is 0 Å². The minimum atomic E-state index is -4.44. The first kappa shape index (κ1) is 24.6. The maximum absolute atomic E-state index is 13.2. The van der Waals surface area contributed by atoms with E-state index in [2.05, 4.69) is 15.3 Å². The summed E-state index contributed by atoms with van der Waals surface area (Å²) < 4.78 is 44.9. The molecule has 0 saturated carbocycles. The van der Waals surface area contributed by atoms with E-state index in [4.69, 9.17) is 10.5 Å². The Morgan fingerprint density at radius 2 is 1.86 bits per heavy atom. The van der Waals surface area contributed by atoms with Gasteiger partial charge in [0, 0.05) is 25.8 Å². The number of hydrogen-bond donors (Lipinski definition) is 2. The van der Waals surface area contributed by atoms with Crippen LogP contribution in [0.2, 0.25) is 0 Å². The Kier molecular flexibility index (Phi) is 7.32. The number of hydrogen-bond acceptors (Lipinski definition) is 6. The molecule has 0 spiro atoms. The van der Waals surface area contributed by atoms with Crippen LogP contribution >= 0.6 is 0 Å². The SMILES string of the molecule is C[C@@H](NC(=O)c1nccc(N2CCOCC2)n1)c1ccc(-c2cc(C(F)(F)F)ccc2CN)cc1. The number of anilines is 1. The lowest BCUT2D eigenvalue weighted by Crippen LogP contribution is -2.37. The molecule has 3 aromatic rings. The molecule has 184 valence electrons. The summed E-state index contributed by atoms with van der Waals surface area (Å²) >= 11 is 0. The first-order valence-electron chi connectivity index (χ1n) is 11.2. The number of alkyl halides is 3. The number of ether oxygens (including phenoxy) is 1. The Morgan fingerprint density at radius 1 is 1.14 bits per heavy atom. The van der Waals surface area contributed by atoms with E-state index in [0.717, 1.165) is 17.7 Å². The number of nitrogens with zero attached hydrogens (tertiary/aromatic N) is 3. The number of morpholine rings is 1. The number of rotatable bonds is 6. The van der Waals surface area contributed by atoms with Crippen molar-refractivity contribution in [3.8, 4) is 11.1 Å². The molecule has 1 amide bonds. The monoisotopic (exact) mass is 485 g/mol. The molecular weight excluding hydrogens is 459 g/mol. The molecule has 0 aliphatic carbocycles. The first-order valence-corrected chi connectivity index (χ1v) is 11.2. The van der Waals surface area contributed by atoms with Crippen LogP contribution in [0, 0.1) is 0 Å². The van der Waals surface area contributed by atoms with Gasteiger partial charge in [0.05, 0.1) is 24.8 Å². The fourth-order valence-corrected chi connectivity index (χ4v) is 3.92. The Morgan fingerprint density at radius 3 is 2.51 bits per heavy atom. The highest BCUT2D eigenvalue weighted by Gasteiger charge is 2.31. The van der Waals surface area contributed by atoms with Crippen molar-refractivity contribution in [2.75, 3.05) is 31.2 Å². The minimum absolute atomic E-state index is 0.0639. The van der Waals surface area contributed by atoms with Crippen molar-refractivity contribution in [1.82, 2.24) is 15.3 Å². The number of carbonyl (C=O) groups excluding carboxylic acids is 1. The predicted molar refractivity (Wildman–Crippen MR) is 126 cm³/mol. The van der Waals surface area contributed by atoms with E-state index in [1.54, 1.807) is 36.5 Å². The molecule has 7 nitrogen and oxygen atoms in total. The maximum Gasteiger partial charge on any atom is 0.416 e. The zero-order chi connectivity index (χ0) is 25.0. The number of halogens is 3. The zero-order valence-electron chi connectivity index (χ0n) is 19.2. The van der Waals surface area contributed by atoms with Crippen LogP contribution in [-0.4, -0.2) is 42.2 Å². The molecule has 0 unspecified atom stereocenters. The predicted octanol–water partition coefficient (Wildman–Crippen LogP) is 3.95. The molecular formula is C25H26F3N5O2. The second-order valence-electron chi connectivity index (χ2n) is 8.23. The Balaban J connectivity index is 1.48. The van der Waals surface area contributed by atoms with Crippen LogP contribution in [0.15, 0.2) is 54.7 Å². The molecule has 1 saturated heterocycles. The van der Waals surface area contributed by atoms with Gasteiger partial charge < -0.3 is 20.7 Å². The van der Waals surface area contributed by atoms with Crippen LogP contribution in [0.3, 0.4) is 0 Å². The van der Waals surface area contributed by atoms with Crippen molar-refractivity contribution in [3.63, 3.8) is 0 Å². The summed E-state index contributed by atoms with van der Waals surface area (Å²) in [6.45, 7) is 4.52. The maximum atomic E-state index is 13.2. The van der Waals surface area contributed by atoms with Gasteiger partial charge in [0.2, 0.25) is 5.82 Å². The molecule has 1 aromatic heterocycles. The van der Waals surface area contributed by atoms with Crippen molar-refractivity contribution in [1.29, 1.82) is 0 Å². The number of aromatic nitrogens is 2. The number of carbonyl (C=O) groups is 1. The molecule has 1 aliphatic heterocycles. The van der Waals surface area contributed by atoms with Crippen LogP contribution in [0.4, 0.5) is 19.0 Å². The third kappa shape index (κ3) is 5.77. The number of benzene rings is 2. The fraction of sp³-hybridized carbons (Fsp3) is 0.320. The summed E-state index contributed by atoms with van der Waals surface area (Å²) in [5.74, 6) is 0.316. The van der Waals surface area contributed by atoms with Gasteiger partial charge in [0.25, 0.3) is 5.91 Å². The van der Waals surface area contributed by atoms with E-state index in [0.29, 0.717) is 48.8 Å². The normalized spacial score (nSPS) is 15.1. The molecule has 1 atom stereocenters. The van der Waals surface area contributed by atoms with Crippen LogP contribution < -0.4 is 16.0 Å². The molecule has 0 bridgehead atoms. The van der Waals surface area contributed by atoms with Gasteiger partial charge in [0.15, 0.2) is 0 Å². The van der Waals surface area contributed by atoms with E-state index in [-0.39, 0.29) is 18.4 Å². The van der Waals surface area contributed by atoms with Crippen molar-refractivity contribution in [2.45, 2.75) is 25.7 Å². The van der Waals surface area contributed by atoms with Gasteiger partial charge in [-0.25, -0.2) is 9.97 Å². The summed E-state index contributed by atoms with van der Waals surface area (Å²) in [6, 6.07) is 11.9. The lowest BCUT2D eigenvalue weighted by Gasteiger charge is -2.27. The topological polar surface area (TPSA) is 93.4 Å². The number of amides is 1. The largest absolute Gasteiger partial charge is 0.416 e. The average molecular weight is 486 g/mol. The van der Waals surface area contributed by atoms with Gasteiger partial charge in [-0.2, -0.15) is 13.2 Å². The summed E-state index contributed by atoms with van der Waals surface area (Å²) in [5, 5.41) is 2.88. The Hall–Kier alpha value is -3.50. The molecule has 4 rings (SSSR count). The van der Waals surface area contributed by atoms with E-state index in [1.807, 2.05) is 11.8 Å². The highest BCUT2D eigenvalue weighted by Crippen LogP contribution is 2.34. The van der Waals surface area contributed by atoms with Gasteiger partial charge in [-0.15, -0.1) is 0 Å². The van der Waals surface area contributed by atoms with Crippen LogP contribution in [0.1, 0.15) is 40.3 Å². The highest BCUT2D eigenvalue weighted by atomic mass is 19.4. The molecule has 1 fully saturated rings. The highest BCUT2D eigenvalue weighted by molar-refractivity contribution is 5.91. The second kappa shape index (κ2) is 10.4. The lowest BCUT2D eigenvalue weighted by atomic mass is 9.95. The molecule has 2 heterocycles. The Labute approximate surface area is 201 Å². The van der Waals surface area contributed by atoms with Gasteiger partial charge in [-0.1, -0.05) is 30.3 Å². The van der Waals surface area contributed by atoms with Crippen molar-refractivity contribution >= 4 is 11.7 Å². The first-order chi connectivity index (χ1) is 16.8. The van der Waals surface area contributed by atoms with E-state index < -0.39 is 17.6 Å². The summed E-state index contributed by atoms with van der Waals surface area (Å²) in [6.07, 6.45) is -2.89. The summed E-state index contributed by atoms with van der Waals surface area (Å²) in [5.41, 5.74) is 7.46. The minimum Gasteiger partial charge on any atom is -0.378 e. The quantitative estimate of drug-likeness (QED) is 0.549. The number of nitrogens with two attached hydrogens (primary N) is 1. The molecule has 10 heteroatoms. The molecule has 1 aliphatic rings. The van der Waals surface area contributed by atoms with Gasteiger partial charge in [-0.05, 0) is 47.4 Å². The summed E-state index contributed by atoms with van der Waals surface area (Å²) in [4.78, 5) is 23.3. The van der Waals surface area contributed by atoms with Gasteiger partial charge in [0.1, 0.15) is 5.82 Å². The average Bonchev–Trinajstić information content (AvgIpc) is 2.88. The molecule has 0 radical (unpaired) electrons. The second-order valence-corrected chi connectivity index (χ2v) is 8.23. The lowest BCUT2D eigenvalue weighted by molar-refractivity contribution is -0.137. The van der Waals surface area contributed by atoms with Crippen LogP contribution in [-0.2, 0) is 17.5 Å².